The van der Waals surface area contributed by atoms with Crippen molar-refractivity contribution in [2.75, 3.05) is 19.6 Å². The van der Waals surface area contributed by atoms with Gasteiger partial charge in [0.05, 0.1) is 0 Å². The molecule has 1 aliphatic heterocycles. The molecule has 0 aromatic heterocycles. The van der Waals surface area contributed by atoms with Gasteiger partial charge < -0.3 is 5.32 Å². The first kappa shape index (κ1) is 13.1. The van der Waals surface area contributed by atoms with Crippen LogP contribution >= 0.6 is 0 Å². The van der Waals surface area contributed by atoms with Crippen molar-refractivity contribution in [2.45, 2.75) is 52.1 Å². The highest BCUT2D eigenvalue weighted by Gasteiger charge is 2.46. The van der Waals surface area contributed by atoms with E-state index < -0.39 is 0 Å². The molecule has 2 rings (SSSR count). The summed E-state index contributed by atoms with van der Waals surface area (Å²) in [6.07, 6.45) is 7.32. The summed E-state index contributed by atoms with van der Waals surface area (Å²) in [5.74, 6) is 1.65. The van der Waals surface area contributed by atoms with Crippen LogP contribution in [0.25, 0.3) is 0 Å². The van der Waals surface area contributed by atoms with Crippen LogP contribution in [0.3, 0.4) is 0 Å². The van der Waals surface area contributed by atoms with Crippen molar-refractivity contribution in [2.24, 2.45) is 11.8 Å². The first-order valence-corrected chi connectivity index (χ1v) is 7.17. The van der Waals surface area contributed by atoms with Crippen LogP contribution in [0, 0.1) is 11.8 Å². The van der Waals surface area contributed by atoms with E-state index in [2.05, 4.69) is 50.1 Å². The molecule has 0 bridgehead atoms. The number of rotatable bonds is 4. The fourth-order valence-electron chi connectivity index (χ4n) is 3.15. The lowest BCUT2D eigenvalue weighted by molar-refractivity contribution is 0.0623. The molecule has 0 amide bonds. The van der Waals surface area contributed by atoms with Crippen molar-refractivity contribution in [3.8, 4) is 0 Å². The summed E-state index contributed by atoms with van der Waals surface area (Å²) >= 11 is 0. The summed E-state index contributed by atoms with van der Waals surface area (Å²) in [7, 11) is 0. The third-order valence-electron chi connectivity index (χ3n) is 4.54. The van der Waals surface area contributed by atoms with Gasteiger partial charge in [0.15, 0.2) is 0 Å². The predicted octanol–water partition coefficient (Wildman–Crippen LogP) is 2.66. The molecule has 2 fully saturated rings. The first-order valence-electron chi connectivity index (χ1n) is 7.17. The molecular formula is C15H28N2. The highest BCUT2D eigenvalue weighted by molar-refractivity contribution is 5.05. The number of nitrogens with zero attached hydrogens (tertiary/aromatic N) is 1. The number of allylic oxidation sites excluding steroid dienone is 1. The third-order valence-corrected chi connectivity index (χ3v) is 4.54. The molecule has 1 saturated heterocycles. The molecule has 1 N–H and O–H groups in total. The monoisotopic (exact) mass is 236 g/mol. The Bertz CT molecular complexity index is 281. The average molecular weight is 236 g/mol. The first-order chi connectivity index (χ1) is 8.07. The largest absolute Gasteiger partial charge is 0.308 e. The molecule has 0 aromatic rings. The van der Waals surface area contributed by atoms with Crippen molar-refractivity contribution in [1.29, 1.82) is 0 Å². The maximum Gasteiger partial charge on any atom is 0.0309 e. The molecule has 0 spiro atoms. The van der Waals surface area contributed by atoms with Gasteiger partial charge in [-0.15, -0.1) is 0 Å². The predicted molar refractivity (Wildman–Crippen MR) is 74.1 cm³/mol. The molecule has 2 atom stereocenters. The molecule has 0 aromatic carbocycles. The lowest BCUT2D eigenvalue weighted by Crippen LogP contribution is -2.65. The maximum absolute atomic E-state index is 3.83. The highest BCUT2D eigenvalue weighted by Crippen LogP contribution is 2.41. The minimum atomic E-state index is 0.368. The fourth-order valence-corrected chi connectivity index (χ4v) is 3.15. The van der Waals surface area contributed by atoms with Crippen molar-refractivity contribution < 1.29 is 0 Å². The van der Waals surface area contributed by atoms with Crippen molar-refractivity contribution >= 4 is 0 Å². The second-order valence-corrected chi connectivity index (χ2v) is 6.38. The molecule has 2 heteroatoms. The summed E-state index contributed by atoms with van der Waals surface area (Å²) in [6.45, 7) is 12.7. The SMILES string of the molecule is C/C=C/CN1CC(C)(C2CC2)NCC1C(C)C. The van der Waals surface area contributed by atoms with Crippen LogP contribution < -0.4 is 5.32 Å². The topological polar surface area (TPSA) is 15.3 Å². The summed E-state index contributed by atoms with van der Waals surface area (Å²) in [5, 5.41) is 3.83. The van der Waals surface area contributed by atoms with Crippen LogP contribution in [-0.2, 0) is 0 Å². The fraction of sp³-hybridized carbons (Fsp3) is 0.867. The Morgan fingerprint density at radius 1 is 1.41 bits per heavy atom. The van der Waals surface area contributed by atoms with E-state index in [1.54, 1.807) is 0 Å². The van der Waals surface area contributed by atoms with Gasteiger partial charge >= 0.3 is 0 Å². The average Bonchev–Trinajstić information content (AvgIpc) is 3.10. The Labute approximate surface area is 106 Å². The van der Waals surface area contributed by atoms with E-state index in [0.29, 0.717) is 11.6 Å². The minimum Gasteiger partial charge on any atom is -0.308 e. The zero-order chi connectivity index (χ0) is 12.5. The van der Waals surface area contributed by atoms with Gasteiger partial charge in [-0.2, -0.15) is 0 Å². The number of hydrogen-bond donors (Lipinski definition) is 1. The van der Waals surface area contributed by atoms with Gasteiger partial charge in [-0.1, -0.05) is 26.0 Å². The highest BCUT2D eigenvalue weighted by atomic mass is 15.3. The van der Waals surface area contributed by atoms with Crippen LogP contribution in [0.2, 0.25) is 0 Å². The summed E-state index contributed by atoms with van der Waals surface area (Å²) in [5.41, 5.74) is 0.368. The number of hydrogen-bond acceptors (Lipinski definition) is 2. The molecule has 98 valence electrons. The van der Waals surface area contributed by atoms with Crippen LogP contribution in [-0.4, -0.2) is 36.1 Å². The molecule has 1 aliphatic carbocycles. The summed E-state index contributed by atoms with van der Waals surface area (Å²) < 4.78 is 0. The van der Waals surface area contributed by atoms with Gasteiger partial charge in [-0.3, -0.25) is 4.90 Å². The van der Waals surface area contributed by atoms with Crippen LogP contribution in [0.5, 0.6) is 0 Å². The Hall–Kier alpha value is -0.340. The van der Waals surface area contributed by atoms with E-state index in [-0.39, 0.29) is 0 Å². The van der Waals surface area contributed by atoms with Crippen LogP contribution in [0.15, 0.2) is 12.2 Å². The van der Waals surface area contributed by atoms with Gasteiger partial charge in [0.2, 0.25) is 0 Å². The molecule has 1 heterocycles. The maximum atomic E-state index is 3.83. The minimum absolute atomic E-state index is 0.368. The lowest BCUT2D eigenvalue weighted by Gasteiger charge is -2.48. The number of piperazine rings is 1. The Kier molecular flexibility index (Phi) is 3.94. The smallest absolute Gasteiger partial charge is 0.0309 e. The standard InChI is InChI=1S/C15H28N2/c1-5-6-9-17-11-15(4,13-7-8-13)16-10-14(17)12(2)3/h5-6,12-14,16H,7-11H2,1-4H3/b6-5+. The van der Waals surface area contributed by atoms with Gasteiger partial charge in [0.25, 0.3) is 0 Å². The molecule has 2 unspecified atom stereocenters. The molecule has 2 nitrogen and oxygen atoms in total. The van der Waals surface area contributed by atoms with Gasteiger partial charge in [-0.05, 0) is 38.5 Å². The van der Waals surface area contributed by atoms with Crippen molar-refractivity contribution in [3.05, 3.63) is 12.2 Å². The Morgan fingerprint density at radius 2 is 2.12 bits per heavy atom. The molecule has 0 radical (unpaired) electrons. The number of nitrogens with one attached hydrogen (secondary N) is 1. The van der Waals surface area contributed by atoms with Gasteiger partial charge in [0.1, 0.15) is 0 Å². The lowest BCUT2D eigenvalue weighted by atomic mass is 9.88. The van der Waals surface area contributed by atoms with Crippen molar-refractivity contribution in [1.82, 2.24) is 10.2 Å². The van der Waals surface area contributed by atoms with Crippen LogP contribution in [0.4, 0.5) is 0 Å². The van der Waals surface area contributed by atoms with Crippen molar-refractivity contribution in [3.63, 3.8) is 0 Å². The summed E-state index contributed by atoms with van der Waals surface area (Å²) in [6, 6.07) is 0.693. The van der Waals surface area contributed by atoms with E-state index in [1.165, 1.54) is 19.4 Å². The molecule has 2 aliphatic rings. The molecule has 1 saturated carbocycles. The van der Waals surface area contributed by atoms with E-state index in [0.717, 1.165) is 24.9 Å². The zero-order valence-corrected chi connectivity index (χ0v) is 11.9. The molecular weight excluding hydrogens is 208 g/mol. The molecule has 17 heavy (non-hydrogen) atoms. The second kappa shape index (κ2) is 5.11. The quantitative estimate of drug-likeness (QED) is 0.755. The van der Waals surface area contributed by atoms with Crippen LogP contribution in [0.1, 0.15) is 40.5 Å². The van der Waals surface area contributed by atoms with E-state index in [9.17, 15) is 0 Å². The van der Waals surface area contributed by atoms with Gasteiger partial charge in [-0.25, -0.2) is 0 Å². The van der Waals surface area contributed by atoms with Gasteiger partial charge in [0, 0.05) is 31.2 Å². The Morgan fingerprint density at radius 3 is 2.65 bits per heavy atom. The normalized spacial score (nSPS) is 35.9. The van der Waals surface area contributed by atoms with E-state index >= 15 is 0 Å². The Balaban J connectivity index is 2.03. The summed E-state index contributed by atoms with van der Waals surface area (Å²) in [4.78, 5) is 2.68. The van der Waals surface area contributed by atoms with E-state index in [4.69, 9.17) is 0 Å². The second-order valence-electron chi connectivity index (χ2n) is 6.38. The third kappa shape index (κ3) is 2.92. The van der Waals surface area contributed by atoms with E-state index in [1.807, 2.05) is 0 Å². The zero-order valence-electron chi connectivity index (χ0n) is 11.9.